The number of nitrogens with zero attached hydrogens (tertiary/aromatic N) is 2. The molecule has 88 valence electrons. The van der Waals surface area contributed by atoms with E-state index in [1.165, 1.54) is 12.3 Å². The van der Waals surface area contributed by atoms with E-state index in [4.69, 9.17) is 4.74 Å². The van der Waals surface area contributed by atoms with Gasteiger partial charge in [0.25, 0.3) is 5.69 Å². The van der Waals surface area contributed by atoms with Gasteiger partial charge in [-0.2, -0.15) is 0 Å². The summed E-state index contributed by atoms with van der Waals surface area (Å²) in [6.07, 6.45) is 1.24. The first kappa shape index (κ1) is 12.4. The third kappa shape index (κ3) is 3.16. The second-order valence-corrected chi connectivity index (χ2v) is 3.62. The number of aryl methyl sites for hydroxylation is 1. The van der Waals surface area contributed by atoms with Crippen LogP contribution in [0.4, 0.5) is 11.5 Å². The molecule has 1 aromatic heterocycles. The molecular weight excluding hydrogens is 210 g/mol. The van der Waals surface area contributed by atoms with Crippen molar-refractivity contribution < 1.29 is 9.66 Å². The highest BCUT2D eigenvalue weighted by Crippen LogP contribution is 2.18. The Balaban J connectivity index is 2.79. The first-order chi connectivity index (χ1) is 7.54. The van der Waals surface area contributed by atoms with Crippen molar-refractivity contribution in [2.24, 2.45) is 0 Å². The molecule has 1 atom stereocenters. The molecule has 6 heteroatoms. The first-order valence-corrected chi connectivity index (χ1v) is 4.91. The van der Waals surface area contributed by atoms with Crippen molar-refractivity contribution in [3.8, 4) is 0 Å². The molecule has 0 aliphatic heterocycles. The highest BCUT2D eigenvalue weighted by Gasteiger charge is 2.10. The van der Waals surface area contributed by atoms with Crippen LogP contribution in [0.3, 0.4) is 0 Å². The summed E-state index contributed by atoms with van der Waals surface area (Å²) in [6.45, 7) is 4.28. The summed E-state index contributed by atoms with van der Waals surface area (Å²) in [6, 6.07) is 1.60. The molecule has 1 unspecified atom stereocenters. The molecule has 0 spiro atoms. The van der Waals surface area contributed by atoms with Gasteiger partial charge < -0.3 is 10.1 Å². The van der Waals surface area contributed by atoms with Gasteiger partial charge in [0.2, 0.25) is 0 Å². The Morgan fingerprint density at radius 1 is 1.69 bits per heavy atom. The summed E-state index contributed by atoms with van der Waals surface area (Å²) in [4.78, 5) is 14.1. The monoisotopic (exact) mass is 225 g/mol. The first-order valence-electron chi connectivity index (χ1n) is 4.91. The van der Waals surface area contributed by atoms with Crippen LogP contribution in [0.2, 0.25) is 0 Å². The average Bonchev–Trinajstić information content (AvgIpc) is 2.21. The number of nitrogens with one attached hydrogen (secondary N) is 1. The van der Waals surface area contributed by atoms with Crippen molar-refractivity contribution in [2.45, 2.75) is 19.9 Å². The van der Waals surface area contributed by atoms with E-state index >= 15 is 0 Å². The van der Waals surface area contributed by atoms with E-state index < -0.39 is 4.92 Å². The molecule has 0 radical (unpaired) electrons. The van der Waals surface area contributed by atoms with E-state index in [0.29, 0.717) is 12.4 Å². The van der Waals surface area contributed by atoms with Gasteiger partial charge >= 0.3 is 0 Å². The van der Waals surface area contributed by atoms with Gasteiger partial charge in [0.05, 0.1) is 11.5 Å². The maximum Gasteiger partial charge on any atom is 0.287 e. The van der Waals surface area contributed by atoms with Gasteiger partial charge in [-0.1, -0.05) is 0 Å². The molecule has 1 heterocycles. The van der Waals surface area contributed by atoms with Gasteiger partial charge in [-0.3, -0.25) is 10.1 Å². The highest BCUT2D eigenvalue weighted by molar-refractivity contribution is 5.48. The molecule has 0 fully saturated rings. The molecule has 0 saturated carbocycles. The maximum atomic E-state index is 10.5. The van der Waals surface area contributed by atoms with E-state index in [1.54, 1.807) is 14.0 Å². The quantitative estimate of drug-likeness (QED) is 0.610. The Labute approximate surface area is 93.8 Å². The van der Waals surface area contributed by atoms with Crippen molar-refractivity contribution >= 4 is 11.5 Å². The van der Waals surface area contributed by atoms with E-state index in [1.807, 2.05) is 6.92 Å². The molecule has 1 aromatic rings. The predicted molar refractivity (Wildman–Crippen MR) is 60.6 cm³/mol. The SMILES string of the molecule is COCC(C)Nc1ncc([N+](=O)[O-])cc1C. The Morgan fingerprint density at radius 3 is 2.88 bits per heavy atom. The van der Waals surface area contributed by atoms with Crippen LogP contribution in [0.15, 0.2) is 12.3 Å². The van der Waals surface area contributed by atoms with Crippen LogP contribution in [0, 0.1) is 17.0 Å². The fourth-order valence-corrected chi connectivity index (χ4v) is 1.34. The standard InChI is InChI=1S/C10H15N3O3/c1-7-4-9(13(14)15)5-11-10(7)12-8(2)6-16-3/h4-5,8H,6H2,1-3H3,(H,11,12). The number of hydrogen-bond donors (Lipinski definition) is 1. The maximum absolute atomic E-state index is 10.5. The fraction of sp³-hybridized carbons (Fsp3) is 0.500. The van der Waals surface area contributed by atoms with Gasteiger partial charge in [-0.15, -0.1) is 0 Å². The number of nitro groups is 1. The molecule has 0 bridgehead atoms. The van der Waals surface area contributed by atoms with Gasteiger partial charge in [-0.05, 0) is 19.4 Å². The van der Waals surface area contributed by atoms with Crippen LogP contribution in [0.25, 0.3) is 0 Å². The van der Waals surface area contributed by atoms with Gasteiger partial charge in [0, 0.05) is 19.2 Å². The fourth-order valence-electron chi connectivity index (χ4n) is 1.34. The molecule has 1 rings (SSSR count). The van der Waals surface area contributed by atoms with Gasteiger partial charge in [0.1, 0.15) is 12.0 Å². The number of anilines is 1. The molecule has 0 aromatic carbocycles. The molecule has 0 saturated heterocycles. The Hall–Kier alpha value is -1.69. The lowest BCUT2D eigenvalue weighted by atomic mass is 10.2. The van der Waals surface area contributed by atoms with Crippen LogP contribution < -0.4 is 5.32 Å². The summed E-state index contributed by atoms with van der Waals surface area (Å²) in [5, 5.41) is 13.6. The summed E-state index contributed by atoms with van der Waals surface area (Å²) < 4.78 is 4.98. The molecular formula is C10H15N3O3. The van der Waals surface area contributed by atoms with Gasteiger partial charge in [-0.25, -0.2) is 4.98 Å². The van der Waals surface area contributed by atoms with E-state index in [9.17, 15) is 10.1 Å². The topological polar surface area (TPSA) is 77.3 Å². The lowest BCUT2D eigenvalue weighted by Gasteiger charge is -2.14. The van der Waals surface area contributed by atoms with Crippen molar-refractivity contribution in [1.29, 1.82) is 0 Å². The zero-order valence-electron chi connectivity index (χ0n) is 9.56. The van der Waals surface area contributed by atoms with Crippen LogP contribution in [0.5, 0.6) is 0 Å². The molecule has 6 nitrogen and oxygen atoms in total. The zero-order chi connectivity index (χ0) is 12.1. The zero-order valence-corrected chi connectivity index (χ0v) is 9.56. The molecule has 0 aliphatic carbocycles. The van der Waals surface area contributed by atoms with E-state index in [2.05, 4.69) is 10.3 Å². The number of aromatic nitrogens is 1. The minimum atomic E-state index is -0.456. The van der Waals surface area contributed by atoms with Crippen LogP contribution >= 0.6 is 0 Å². The molecule has 0 aliphatic rings. The number of rotatable bonds is 5. The molecule has 1 N–H and O–H groups in total. The summed E-state index contributed by atoms with van der Waals surface area (Å²) in [5.41, 5.74) is 0.750. The summed E-state index contributed by atoms with van der Waals surface area (Å²) >= 11 is 0. The highest BCUT2D eigenvalue weighted by atomic mass is 16.6. The predicted octanol–water partition coefficient (Wildman–Crippen LogP) is 1.75. The van der Waals surface area contributed by atoms with E-state index in [0.717, 1.165) is 5.56 Å². The van der Waals surface area contributed by atoms with Crippen LogP contribution in [0.1, 0.15) is 12.5 Å². The minimum absolute atomic E-state index is 0.00226. The van der Waals surface area contributed by atoms with E-state index in [-0.39, 0.29) is 11.7 Å². The Bertz CT molecular complexity index is 382. The largest absolute Gasteiger partial charge is 0.383 e. The van der Waals surface area contributed by atoms with Crippen LogP contribution in [-0.4, -0.2) is 29.7 Å². The lowest BCUT2D eigenvalue weighted by molar-refractivity contribution is -0.385. The van der Waals surface area contributed by atoms with Gasteiger partial charge in [0.15, 0.2) is 0 Å². The number of pyridine rings is 1. The van der Waals surface area contributed by atoms with Crippen molar-refractivity contribution in [3.05, 3.63) is 27.9 Å². The Kier molecular flexibility index (Phi) is 4.19. The van der Waals surface area contributed by atoms with Crippen molar-refractivity contribution in [3.63, 3.8) is 0 Å². The lowest BCUT2D eigenvalue weighted by Crippen LogP contribution is -2.22. The third-order valence-electron chi connectivity index (χ3n) is 2.07. The summed E-state index contributed by atoms with van der Waals surface area (Å²) in [7, 11) is 1.62. The third-order valence-corrected chi connectivity index (χ3v) is 2.07. The average molecular weight is 225 g/mol. The normalized spacial score (nSPS) is 12.2. The number of hydrogen-bond acceptors (Lipinski definition) is 5. The molecule has 0 amide bonds. The van der Waals surface area contributed by atoms with Crippen LogP contribution in [-0.2, 0) is 4.74 Å². The number of ether oxygens (including phenoxy) is 1. The second-order valence-electron chi connectivity index (χ2n) is 3.62. The Morgan fingerprint density at radius 2 is 2.38 bits per heavy atom. The smallest absolute Gasteiger partial charge is 0.287 e. The number of methoxy groups -OCH3 is 1. The van der Waals surface area contributed by atoms with Crippen molar-refractivity contribution in [2.75, 3.05) is 19.0 Å². The summed E-state index contributed by atoms with van der Waals surface area (Å²) in [5.74, 6) is 0.648. The second kappa shape index (κ2) is 5.41. The van der Waals surface area contributed by atoms with Crippen molar-refractivity contribution in [1.82, 2.24) is 4.98 Å². The molecule has 16 heavy (non-hydrogen) atoms. The minimum Gasteiger partial charge on any atom is -0.383 e.